The zero-order valence-electron chi connectivity index (χ0n) is 16.5. The van der Waals surface area contributed by atoms with Crippen molar-refractivity contribution in [3.63, 3.8) is 0 Å². The molecule has 0 aromatic carbocycles. The van der Waals surface area contributed by atoms with E-state index >= 15 is 0 Å². The molecule has 164 valence electrons. The van der Waals surface area contributed by atoms with Crippen LogP contribution in [0.4, 0.5) is 19.0 Å². The van der Waals surface area contributed by atoms with Crippen LogP contribution in [0.25, 0.3) is 17.6 Å². The number of pyridine rings is 1. The summed E-state index contributed by atoms with van der Waals surface area (Å²) in [6, 6.07) is 1.40. The fourth-order valence-electron chi connectivity index (χ4n) is 2.52. The molecule has 2 aromatic rings. The number of allylic oxidation sites excluding steroid dienone is 1. The molecule has 2 N–H and O–H groups in total. The first kappa shape index (κ1) is 24.0. The van der Waals surface area contributed by atoms with Crippen LogP contribution in [0.1, 0.15) is 18.3 Å². The molecule has 0 bridgehead atoms. The molecule has 13 heteroatoms. The normalized spacial score (nSPS) is 13.4. The molecule has 2 rings (SSSR count). The lowest BCUT2D eigenvalue weighted by atomic mass is 10.2. The van der Waals surface area contributed by atoms with Crippen LogP contribution in [0.3, 0.4) is 0 Å². The fourth-order valence-corrected chi connectivity index (χ4v) is 3.65. The van der Waals surface area contributed by atoms with E-state index in [0.29, 0.717) is 11.8 Å². The number of hydrogen-bond donors (Lipinski definition) is 1. The van der Waals surface area contributed by atoms with E-state index in [4.69, 9.17) is 17.3 Å². The summed E-state index contributed by atoms with van der Waals surface area (Å²) in [4.78, 5) is 24.1. The Bertz CT molecular complexity index is 981. The summed E-state index contributed by atoms with van der Waals surface area (Å²) in [6.07, 6.45) is -4.33. The highest BCUT2D eigenvalue weighted by molar-refractivity contribution is 7.91. The van der Waals surface area contributed by atoms with Crippen LogP contribution in [0.15, 0.2) is 16.7 Å². The number of carbonyl (C=O) groups is 1. The lowest BCUT2D eigenvalue weighted by Gasteiger charge is -2.19. The lowest BCUT2D eigenvalue weighted by Crippen LogP contribution is -2.29. The summed E-state index contributed by atoms with van der Waals surface area (Å²) in [5.41, 5.74) is 4.78. The number of carbonyl (C=O) groups excluding carboxylic acids is 1. The molecule has 1 atom stereocenters. The molecule has 8 nitrogen and oxygen atoms in total. The summed E-state index contributed by atoms with van der Waals surface area (Å²) in [7, 11) is 2.48. The first-order valence-electron chi connectivity index (χ1n) is 8.41. The number of rotatable bonds is 7. The number of hydroxylamine groups is 2. The van der Waals surface area contributed by atoms with E-state index in [0.717, 1.165) is 7.11 Å². The minimum atomic E-state index is -4.89. The molecule has 1 unspecified atom stereocenters. The number of nitrogen functional groups attached to an aromatic ring is 1. The zero-order valence-corrected chi connectivity index (χ0v) is 18.0. The Morgan fingerprint density at radius 1 is 1.47 bits per heavy atom. The molecule has 0 saturated heterocycles. The van der Waals surface area contributed by atoms with Gasteiger partial charge in [0.25, 0.3) is 0 Å². The maximum absolute atomic E-state index is 13.4. The number of halogens is 4. The molecular formula is C17H19ClF3N5O3S. The Labute approximate surface area is 178 Å². The van der Waals surface area contributed by atoms with Gasteiger partial charge in [0, 0.05) is 18.8 Å². The minimum absolute atomic E-state index is 0.0382. The predicted molar refractivity (Wildman–Crippen MR) is 106 cm³/mol. The van der Waals surface area contributed by atoms with Crippen LogP contribution in [0.2, 0.25) is 5.02 Å². The number of aromatic nitrogens is 3. The number of amides is 1. The van der Waals surface area contributed by atoms with E-state index in [-0.39, 0.29) is 50.2 Å². The van der Waals surface area contributed by atoms with Crippen molar-refractivity contribution >= 4 is 41.1 Å². The van der Waals surface area contributed by atoms with Gasteiger partial charge in [-0.15, -0.1) is 0 Å². The average Bonchev–Trinajstić information content (AvgIpc) is 2.96. The molecule has 0 spiro atoms. The van der Waals surface area contributed by atoms with Crippen molar-refractivity contribution in [2.45, 2.75) is 24.9 Å². The van der Waals surface area contributed by atoms with Gasteiger partial charge in [-0.1, -0.05) is 11.6 Å². The van der Waals surface area contributed by atoms with Crippen molar-refractivity contribution in [2.75, 3.05) is 18.6 Å². The van der Waals surface area contributed by atoms with E-state index in [1.165, 1.54) is 17.6 Å². The number of hydrogen-bond acceptors (Lipinski definition) is 6. The van der Waals surface area contributed by atoms with Gasteiger partial charge in [0.2, 0.25) is 6.41 Å². The number of nitrogens with zero attached hydrogens (tertiary/aromatic N) is 4. The van der Waals surface area contributed by atoms with Crippen molar-refractivity contribution in [3.8, 4) is 11.5 Å². The van der Waals surface area contributed by atoms with Gasteiger partial charge in [-0.3, -0.25) is 9.63 Å². The molecule has 0 aliphatic heterocycles. The van der Waals surface area contributed by atoms with Crippen molar-refractivity contribution in [1.29, 1.82) is 0 Å². The van der Waals surface area contributed by atoms with Gasteiger partial charge in [-0.2, -0.15) is 18.2 Å². The molecule has 0 radical (unpaired) electrons. The van der Waals surface area contributed by atoms with Gasteiger partial charge in [0.05, 0.1) is 17.8 Å². The molecule has 2 heterocycles. The van der Waals surface area contributed by atoms with Crippen LogP contribution < -0.4 is 5.73 Å². The maximum Gasteiger partial charge on any atom is 0.434 e. The first-order chi connectivity index (χ1) is 14.0. The van der Waals surface area contributed by atoms with Crippen LogP contribution in [0, 0.1) is 6.92 Å². The third-order valence-electron chi connectivity index (χ3n) is 4.20. The van der Waals surface area contributed by atoms with Gasteiger partial charge in [0.1, 0.15) is 11.6 Å². The van der Waals surface area contributed by atoms with E-state index in [1.54, 1.807) is 14.0 Å². The van der Waals surface area contributed by atoms with E-state index < -0.39 is 23.0 Å². The number of alkyl halides is 3. The van der Waals surface area contributed by atoms with Gasteiger partial charge in [0.15, 0.2) is 22.1 Å². The molecule has 2 aromatic heterocycles. The summed E-state index contributed by atoms with van der Waals surface area (Å²) in [5.74, 6) is 0.352. The summed E-state index contributed by atoms with van der Waals surface area (Å²) in [5, 5.41) is 0.145. The van der Waals surface area contributed by atoms with Crippen LogP contribution in [-0.2, 0) is 27.9 Å². The lowest BCUT2D eigenvalue weighted by molar-refractivity contribution is -0.182. The van der Waals surface area contributed by atoms with E-state index in [9.17, 15) is 22.5 Å². The summed E-state index contributed by atoms with van der Waals surface area (Å²) >= 11 is 4.51. The third-order valence-corrected chi connectivity index (χ3v) is 5.83. The molecule has 1 amide bonds. The quantitative estimate of drug-likeness (QED) is 0.382. The monoisotopic (exact) mass is 465 g/mol. The highest BCUT2D eigenvalue weighted by Gasteiger charge is 2.39. The van der Waals surface area contributed by atoms with Crippen molar-refractivity contribution < 1.29 is 27.4 Å². The largest absolute Gasteiger partial charge is 0.611 e. The highest BCUT2D eigenvalue weighted by atomic mass is 35.5. The standard InChI is InChI=1S/C17H19ClF3N5O3S/c1-5-30(28)12-6-10(18)15(22)24-14(12)16-23-11(9(2)25(16)3)7-13(17(19,20)21)26(8-27)29-4/h6-8H,5H2,1-4H3,(H2,22,24)/b13-7-. The Hall–Kier alpha value is -2.28. The third kappa shape index (κ3) is 4.72. The second kappa shape index (κ2) is 9.25. The highest BCUT2D eigenvalue weighted by Crippen LogP contribution is 2.34. The molecule has 0 aliphatic carbocycles. The number of imidazole rings is 1. The predicted octanol–water partition coefficient (Wildman–Crippen LogP) is 3.08. The molecule has 0 saturated carbocycles. The second-order valence-corrected chi connectivity index (χ2v) is 8.06. The van der Waals surface area contributed by atoms with Crippen molar-refractivity contribution in [2.24, 2.45) is 7.05 Å². The van der Waals surface area contributed by atoms with Crippen LogP contribution in [0.5, 0.6) is 0 Å². The molecule has 0 aliphatic rings. The van der Waals surface area contributed by atoms with Gasteiger partial charge in [-0.05, 0) is 31.1 Å². The van der Waals surface area contributed by atoms with E-state index in [1.807, 2.05) is 0 Å². The van der Waals surface area contributed by atoms with Crippen molar-refractivity contribution in [3.05, 3.63) is 28.2 Å². The average molecular weight is 466 g/mol. The Morgan fingerprint density at radius 2 is 2.10 bits per heavy atom. The number of nitrogens with two attached hydrogens (primary N) is 1. The second-order valence-electron chi connectivity index (χ2n) is 5.94. The SMILES string of the molecule is CC[S+]([O-])c1cc(Cl)c(N)nc1-c1nc(/C=C(\N(C=O)OC)C(F)(F)F)c(C)n1C. The molecule has 30 heavy (non-hydrogen) atoms. The van der Waals surface area contributed by atoms with Crippen LogP contribution in [-0.4, -0.2) is 49.6 Å². The summed E-state index contributed by atoms with van der Waals surface area (Å²) in [6.45, 7) is 3.22. The number of anilines is 1. The Kier molecular flexibility index (Phi) is 7.40. The van der Waals surface area contributed by atoms with Crippen LogP contribution >= 0.6 is 11.6 Å². The fraction of sp³-hybridized carbons (Fsp3) is 0.353. The maximum atomic E-state index is 13.4. The van der Waals surface area contributed by atoms with Gasteiger partial charge < -0.3 is 14.9 Å². The zero-order chi connectivity index (χ0) is 22.8. The topological polar surface area (TPSA) is 109 Å². The van der Waals surface area contributed by atoms with Gasteiger partial charge in [-0.25, -0.2) is 9.97 Å². The Morgan fingerprint density at radius 3 is 2.60 bits per heavy atom. The first-order valence-corrected chi connectivity index (χ1v) is 10.1. The molecule has 0 fully saturated rings. The Balaban J connectivity index is 2.74. The van der Waals surface area contributed by atoms with Gasteiger partial charge >= 0.3 is 6.18 Å². The summed E-state index contributed by atoms with van der Waals surface area (Å²) < 4.78 is 54.3. The smallest absolute Gasteiger partial charge is 0.434 e. The molecular weight excluding hydrogens is 447 g/mol. The van der Waals surface area contributed by atoms with E-state index in [2.05, 4.69) is 14.8 Å². The van der Waals surface area contributed by atoms with Crippen molar-refractivity contribution in [1.82, 2.24) is 19.6 Å². The minimum Gasteiger partial charge on any atom is -0.611 e.